The van der Waals surface area contributed by atoms with Crippen LogP contribution >= 0.6 is 11.8 Å². The van der Waals surface area contributed by atoms with Crippen LogP contribution in [-0.2, 0) is 13.6 Å². The smallest absolute Gasteiger partial charge is 0.339 e. The van der Waals surface area contributed by atoms with E-state index in [4.69, 9.17) is 5.11 Å². The molecule has 2 rings (SSSR count). The van der Waals surface area contributed by atoms with Crippen molar-refractivity contribution in [3.05, 3.63) is 17.5 Å². The highest BCUT2D eigenvalue weighted by atomic mass is 32.2. The highest BCUT2D eigenvalue weighted by Gasteiger charge is 2.41. The Kier molecular flexibility index (Phi) is 3.44. The number of carboxylic acid groups (broad SMARTS) is 1. The van der Waals surface area contributed by atoms with Crippen LogP contribution in [0.15, 0.2) is 6.20 Å². The number of carboxylic acids is 1. The van der Waals surface area contributed by atoms with Crippen molar-refractivity contribution < 1.29 is 9.90 Å². The number of nitrogens with one attached hydrogen (secondary N) is 1. The lowest BCUT2D eigenvalue weighted by Gasteiger charge is -2.13. The van der Waals surface area contributed by atoms with Gasteiger partial charge in [-0.15, -0.1) is 0 Å². The van der Waals surface area contributed by atoms with E-state index < -0.39 is 5.97 Å². The standard InChI is InChI=1S/C11H17N3O2S/c1-14-9(8(5-13-14)10(15)16)6-12-7-11(17-2)3-4-11/h5,12H,3-4,6-7H2,1-2H3,(H,15,16). The molecule has 0 saturated heterocycles. The van der Waals surface area contributed by atoms with Crippen molar-refractivity contribution in [3.63, 3.8) is 0 Å². The van der Waals surface area contributed by atoms with Crippen molar-refractivity contribution in [2.45, 2.75) is 24.1 Å². The van der Waals surface area contributed by atoms with Gasteiger partial charge in [-0.1, -0.05) is 0 Å². The maximum atomic E-state index is 11.0. The van der Waals surface area contributed by atoms with Gasteiger partial charge in [0.05, 0.1) is 11.9 Å². The molecule has 0 atom stereocenters. The second-order valence-electron chi connectivity index (χ2n) is 4.42. The minimum atomic E-state index is -0.916. The monoisotopic (exact) mass is 255 g/mol. The van der Waals surface area contributed by atoms with Gasteiger partial charge in [0, 0.05) is 24.9 Å². The summed E-state index contributed by atoms with van der Waals surface area (Å²) in [6, 6.07) is 0. The summed E-state index contributed by atoms with van der Waals surface area (Å²) < 4.78 is 2.01. The molecule has 1 saturated carbocycles. The van der Waals surface area contributed by atoms with Crippen molar-refractivity contribution in [2.24, 2.45) is 7.05 Å². The number of rotatable bonds is 6. The third-order valence-corrected chi connectivity index (χ3v) is 4.69. The summed E-state index contributed by atoms with van der Waals surface area (Å²) in [6.45, 7) is 1.48. The lowest BCUT2D eigenvalue weighted by atomic mass is 10.2. The molecular formula is C11H17N3O2S. The zero-order valence-electron chi connectivity index (χ0n) is 10.1. The Hall–Kier alpha value is -1.01. The molecule has 1 fully saturated rings. The molecule has 0 aromatic carbocycles. The summed E-state index contributed by atoms with van der Waals surface area (Å²) >= 11 is 1.89. The zero-order valence-corrected chi connectivity index (χ0v) is 10.9. The first kappa shape index (κ1) is 12.4. The van der Waals surface area contributed by atoms with Crippen LogP contribution in [0.2, 0.25) is 0 Å². The molecule has 0 amide bonds. The van der Waals surface area contributed by atoms with Crippen LogP contribution < -0.4 is 5.32 Å². The number of hydrogen-bond donors (Lipinski definition) is 2. The minimum Gasteiger partial charge on any atom is -0.478 e. The number of aromatic carboxylic acids is 1. The number of hydrogen-bond acceptors (Lipinski definition) is 4. The molecule has 1 aromatic rings. The number of aromatic nitrogens is 2. The molecule has 0 radical (unpaired) electrons. The fraction of sp³-hybridized carbons (Fsp3) is 0.636. The number of nitrogens with zero attached hydrogens (tertiary/aromatic N) is 2. The topological polar surface area (TPSA) is 67.2 Å². The molecule has 6 heteroatoms. The molecule has 2 N–H and O–H groups in total. The second kappa shape index (κ2) is 4.70. The van der Waals surface area contributed by atoms with Gasteiger partial charge >= 0.3 is 5.97 Å². The Morgan fingerprint density at radius 2 is 2.41 bits per heavy atom. The molecule has 0 aliphatic heterocycles. The van der Waals surface area contributed by atoms with Gasteiger partial charge in [-0.2, -0.15) is 16.9 Å². The molecule has 1 aromatic heterocycles. The predicted octanol–water partition coefficient (Wildman–Crippen LogP) is 1.10. The molecule has 17 heavy (non-hydrogen) atoms. The van der Waals surface area contributed by atoms with E-state index >= 15 is 0 Å². The van der Waals surface area contributed by atoms with E-state index in [0.29, 0.717) is 11.3 Å². The van der Waals surface area contributed by atoms with Gasteiger partial charge in [-0.25, -0.2) is 4.79 Å². The van der Waals surface area contributed by atoms with E-state index in [-0.39, 0.29) is 5.56 Å². The van der Waals surface area contributed by atoms with E-state index in [1.165, 1.54) is 19.0 Å². The maximum Gasteiger partial charge on any atom is 0.339 e. The van der Waals surface area contributed by atoms with Crippen molar-refractivity contribution in [2.75, 3.05) is 12.8 Å². The highest BCUT2D eigenvalue weighted by molar-refractivity contribution is 8.00. The third-order valence-electron chi connectivity index (χ3n) is 3.27. The van der Waals surface area contributed by atoms with Crippen molar-refractivity contribution >= 4 is 17.7 Å². The van der Waals surface area contributed by atoms with Crippen molar-refractivity contribution in [1.82, 2.24) is 15.1 Å². The van der Waals surface area contributed by atoms with Gasteiger partial charge in [0.1, 0.15) is 5.56 Å². The van der Waals surface area contributed by atoms with Gasteiger partial charge in [-0.3, -0.25) is 4.68 Å². The number of aryl methyl sites for hydroxylation is 1. The van der Waals surface area contributed by atoms with Crippen LogP contribution in [0.1, 0.15) is 28.9 Å². The average Bonchev–Trinajstić information content (AvgIpc) is 2.98. The Labute approximate surface area is 105 Å². The lowest BCUT2D eigenvalue weighted by molar-refractivity contribution is 0.0695. The van der Waals surface area contributed by atoms with E-state index in [9.17, 15) is 4.79 Å². The summed E-state index contributed by atoms with van der Waals surface area (Å²) in [5.74, 6) is -0.916. The summed E-state index contributed by atoms with van der Waals surface area (Å²) in [7, 11) is 1.77. The number of thioether (sulfide) groups is 1. The molecule has 0 bridgehead atoms. The average molecular weight is 255 g/mol. The number of carbonyl (C=O) groups is 1. The molecule has 1 aliphatic carbocycles. The van der Waals surface area contributed by atoms with E-state index in [1.54, 1.807) is 11.7 Å². The van der Waals surface area contributed by atoms with Gasteiger partial charge in [-0.05, 0) is 19.1 Å². The molecule has 0 unspecified atom stereocenters. The zero-order chi connectivity index (χ0) is 12.5. The summed E-state index contributed by atoms with van der Waals surface area (Å²) in [5.41, 5.74) is 1.02. The van der Waals surface area contributed by atoms with Gasteiger partial charge in [0.15, 0.2) is 0 Å². The Morgan fingerprint density at radius 1 is 1.71 bits per heavy atom. The van der Waals surface area contributed by atoms with Crippen molar-refractivity contribution in [1.29, 1.82) is 0 Å². The first-order valence-electron chi connectivity index (χ1n) is 5.58. The normalized spacial score (nSPS) is 17.1. The predicted molar refractivity (Wildman–Crippen MR) is 67.4 cm³/mol. The molecule has 1 heterocycles. The molecule has 5 nitrogen and oxygen atoms in total. The first-order chi connectivity index (χ1) is 8.08. The second-order valence-corrected chi connectivity index (χ2v) is 5.70. The minimum absolute atomic E-state index is 0.286. The van der Waals surface area contributed by atoms with Crippen molar-refractivity contribution in [3.8, 4) is 0 Å². The summed E-state index contributed by atoms with van der Waals surface area (Å²) in [5, 5.41) is 16.3. The molecule has 0 spiro atoms. The molecular weight excluding hydrogens is 238 g/mol. The fourth-order valence-electron chi connectivity index (χ4n) is 1.85. The van der Waals surface area contributed by atoms with Crippen LogP contribution in [0.4, 0.5) is 0 Å². The lowest BCUT2D eigenvalue weighted by Crippen LogP contribution is -2.27. The van der Waals surface area contributed by atoms with Gasteiger partial charge in [0.2, 0.25) is 0 Å². The third kappa shape index (κ3) is 2.63. The van der Waals surface area contributed by atoms with Crippen LogP contribution in [0.5, 0.6) is 0 Å². The SMILES string of the molecule is CSC1(CNCc2c(C(=O)O)cnn2C)CC1. The quantitative estimate of drug-likeness (QED) is 0.797. The Bertz CT molecular complexity index is 426. The largest absolute Gasteiger partial charge is 0.478 e. The highest BCUT2D eigenvalue weighted by Crippen LogP contribution is 2.46. The molecule has 94 valence electrons. The van der Waals surface area contributed by atoms with E-state index in [0.717, 1.165) is 12.2 Å². The Balaban J connectivity index is 1.94. The Morgan fingerprint density at radius 3 is 2.94 bits per heavy atom. The first-order valence-corrected chi connectivity index (χ1v) is 6.80. The van der Waals surface area contributed by atoms with Gasteiger partial charge < -0.3 is 10.4 Å². The summed E-state index contributed by atoms with van der Waals surface area (Å²) in [6.07, 6.45) is 6.03. The van der Waals surface area contributed by atoms with Crippen LogP contribution in [0, 0.1) is 0 Å². The van der Waals surface area contributed by atoms with Crippen LogP contribution in [0.25, 0.3) is 0 Å². The van der Waals surface area contributed by atoms with E-state index in [2.05, 4.69) is 16.7 Å². The fourth-order valence-corrected chi connectivity index (χ4v) is 2.61. The maximum absolute atomic E-state index is 11.0. The molecule has 1 aliphatic rings. The summed E-state index contributed by atoms with van der Waals surface area (Å²) in [4.78, 5) is 11.0. The van der Waals surface area contributed by atoms with E-state index in [1.807, 2.05) is 11.8 Å². The van der Waals surface area contributed by atoms with Gasteiger partial charge in [0.25, 0.3) is 0 Å². The van der Waals surface area contributed by atoms with Crippen LogP contribution in [0.3, 0.4) is 0 Å². The van der Waals surface area contributed by atoms with Crippen LogP contribution in [-0.4, -0.2) is 38.4 Å².